The van der Waals surface area contributed by atoms with E-state index in [1.807, 2.05) is 8.96 Å². The second-order valence-electron chi connectivity index (χ2n) is 7.64. The first-order valence-corrected chi connectivity index (χ1v) is 9.86. The number of rotatable bonds is 5. The second-order valence-corrected chi connectivity index (χ2v) is 8.55. The minimum absolute atomic E-state index is 0.0522. The van der Waals surface area contributed by atoms with E-state index in [9.17, 15) is 5.11 Å². The predicted molar refractivity (Wildman–Crippen MR) is 103 cm³/mol. The first kappa shape index (κ1) is 15.8. The maximum atomic E-state index is 9.74. The number of nitrogens with zero attached hydrogens (tertiary/aromatic N) is 5. The molecule has 8 heteroatoms. The van der Waals surface area contributed by atoms with Crippen LogP contribution in [0.2, 0.25) is 0 Å². The molecule has 0 radical (unpaired) electrons. The number of fused-ring (bicyclic) bond motifs is 2. The normalized spacial score (nSPS) is 27.9. The molecule has 2 N–H and O–H groups in total. The molecule has 1 aliphatic heterocycles. The van der Waals surface area contributed by atoms with Crippen LogP contribution in [0.4, 0.5) is 17.6 Å². The molecule has 5 rings (SSSR count). The molecule has 2 bridgehead atoms. The largest absolute Gasteiger partial charge is 0.396 e. The highest BCUT2D eigenvalue weighted by atomic mass is 127. The van der Waals surface area contributed by atoms with Gasteiger partial charge < -0.3 is 15.3 Å². The topological polar surface area (TPSA) is 79.1 Å². The summed E-state index contributed by atoms with van der Waals surface area (Å²) >= 11 is 2.24. The highest BCUT2D eigenvalue weighted by molar-refractivity contribution is 14.1. The van der Waals surface area contributed by atoms with Crippen LogP contribution in [0.25, 0.3) is 0 Å². The Morgan fingerprint density at radius 2 is 2.20 bits per heavy atom. The van der Waals surface area contributed by atoms with E-state index in [1.54, 1.807) is 6.20 Å². The van der Waals surface area contributed by atoms with E-state index in [0.29, 0.717) is 12.0 Å². The van der Waals surface area contributed by atoms with Gasteiger partial charge in [-0.15, -0.1) is 5.10 Å². The Labute approximate surface area is 160 Å². The molecule has 132 valence electrons. The van der Waals surface area contributed by atoms with E-state index < -0.39 is 0 Å². The van der Waals surface area contributed by atoms with Gasteiger partial charge in [0.15, 0.2) is 5.82 Å². The van der Waals surface area contributed by atoms with E-state index in [-0.39, 0.29) is 12.0 Å². The van der Waals surface area contributed by atoms with Gasteiger partial charge in [0.1, 0.15) is 5.82 Å². The van der Waals surface area contributed by atoms with Crippen LogP contribution in [0.1, 0.15) is 43.7 Å². The van der Waals surface area contributed by atoms with Crippen molar-refractivity contribution in [2.75, 3.05) is 23.4 Å². The molecule has 2 aromatic rings. The lowest BCUT2D eigenvalue weighted by Gasteiger charge is -2.31. The molecule has 1 saturated heterocycles. The van der Waals surface area contributed by atoms with Gasteiger partial charge in [-0.1, -0.05) is 0 Å². The van der Waals surface area contributed by atoms with Gasteiger partial charge >= 0.3 is 0 Å². The average molecular weight is 452 g/mol. The van der Waals surface area contributed by atoms with Gasteiger partial charge in [0.2, 0.25) is 5.95 Å². The Morgan fingerprint density at radius 1 is 1.32 bits per heavy atom. The summed E-state index contributed by atoms with van der Waals surface area (Å²) in [6, 6.07) is 4.45. The van der Waals surface area contributed by atoms with Gasteiger partial charge in [0.25, 0.3) is 0 Å². The maximum absolute atomic E-state index is 9.74. The molecular formula is C17H21IN6O. The highest BCUT2D eigenvalue weighted by Gasteiger charge is 2.49. The van der Waals surface area contributed by atoms with Crippen LogP contribution < -0.4 is 10.2 Å². The fraction of sp³-hybridized carbons (Fsp3) is 0.588. The monoisotopic (exact) mass is 452 g/mol. The minimum Gasteiger partial charge on any atom is -0.396 e. The fourth-order valence-electron chi connectivity index (χ4n) is 4.28. The van der Waals surface area contributed by atoms with E-state index in [0.717, 1.165) is 43.4 Å². The fourth-order valence-corrected chi connectivity index (χ4v) is 5.04. The standard InChI is InChI=1S/C17H21IN6O/c18-24-13(11-1-2-11)7-15(22-24)20-14-4-6-19-16(21-14)23-9-17(10-25)5-3-12(23)8-17/h4,6-7,11-12,25H,1-3,5,8-10H2,(H,19,20,21,22). The highest BCUT2D eigenvalue weighted by Crippen LogP contribution is 2.48. The lowest BCUT2D eigenvalue weighted by Crippen LogP contribution is -2.37. The summed E-state index contributed by atoms with van der Waals surface area (Å²) in [5.41, 5.74) is 1.33. The Hall–Kier alpha value is -1.42. The van der Waals surface area contributed by atoms with Crippen LogP contribution in [0.15, 0.2) is 18.3 Å². The zero-order valence-electron chi connectivity index (χ0n) is 13.9. The Morgan fingerprint density at radius 3 is 2.96 bits per heavy atom. The van der Waals surface area contributed by atoms with Gasteiger partial charge in [0.05, 0.1) is 35.2 Å². The third-order valence-electron chi connectivity index (χ3n) is 5.80. The van der Waals surface area contributed by atoms with Gasteiger partial charge in [-0.25, -0.2) is 7.88 Å². The predicted octanol–water partition coefficient (Wildman–Crippen LogP) is 2.84. The van der Waals surface area contributed by atoms with Crippen molar-refractivity contribution in [3.8, 4) is 0 Å². The van der Waals surface area contributed by atoms with Gasteiger partial charge in [0, 0.05) is 36.2 Å². The smallest absolute Gasteiger partial charge is 0.227 e. The number of hydrogen-bond donors (Lipinski definition) is 2. The summed E-state index contributed by atoms with van der Waals surface area (Å²) < 4.78 is 1.93. The Kier molecular flexibility index (Phi) is 3.67. The zero-order valence-corrected chi connectivity index (χ0v) is 16.1. The molecule has 2 aliphatic carbocycles. The number of halogens is 1. The lowest BCUT2D eigenvalue weighted by atomic mass is 9.89. The maximum Gasteiger partial charge on any atom is 0.227 e. The van der Waals surface area contributed by atoms with Gasteiger partial charge in [-0.05, 0) is 38.2 Å². The molecular weight excluding hydrogens is 431 g/mol. The lowest BCUT2D eigenvalue weighted by molar-refractivity contribution is 0.148. The third kappa shape index (κ3) is 2.79. The Bertz CT molecular complexity index is 806. The van der Waals surface area contributed by atoms with Gasteiger partial charge in [-0.2, -0.15) is 4.98 Å². The molecule has 3 aliphatic rings. The molecule has 0 amide bonds. The van der Waals surface area contributed by atoms with Crippen molar-refractivity contribution >= 4 is 40.4 Å². The first-order valence-electron chi connectivity index (χ1n) is 8.89. The molecule has 2 unspecified atom stereocenters. The van der Waals surface area contributed by atoms with Crippen molar-refractivity contribution in [2.45, 2.75) is 44.1 Å². The number of nitrogens with one attached hydrogen (secondary N) is 1. The summed E-state index contributed by atoms with van der Waals surface area (Å²) in [6.45, 7) is 1.11. The van der Waals surface area contributed by atoms with E-state index >= 15 is 0 Å². The van der Waals surface area contributed by atoms with Crippen molar-refractivity contribution in [2.24, 2.45) is 5.41 Å². The second kappa shape index (κ2) is 5.80. The number of piperidine rings is 1. The van der Waals surface area contributed by atoms with E-state index in [4.69, 9.17) is 4.98 Å². The van der Waals surface area contributed by atoms with Crippen molar-refractivity contribution in [3.63, 3.8) is 0 Å². The van der Waals surface area contributed by atoms with Crippen LogP contribution in [-0.2, 0) is 0 Å². The van der Waals surface area contributed by atoms with Gasteiger partial charge in [-0.3, -0.25) is 0 Å². The van der Waals surface area contributed by atoms with Crippen LogP contribution in [-0.4, -0.2) is 42.3 Å². The molecule has 2 aromatic heterocycles. The number of hydrogen-bond acceptors (Lipinski definition) is 6. The summed E-state index contributed by atoms with van der Waals surface area (Å²) in [5.74, 6) is 3.01. The number of aliphatic hydroxyl groups excluding tert-OH is 1. The van der Waals surface area contributed by atoms with Crippen molar-refractivity contribution in [3.05, 3.63) is 24.0 Å². The molecule has 3 fully saturated rings. The molecule has 0 aromatic carbocycles. The first-order chi connectivity index (χ1) is 12.2. The minimum atomic E-state index is 0.0522. The molecule has 2 saturated carbocycles. The number of anilines is 3. The third-order valence-corrected chi connectivity index (χ3v) is 6.58. The van der Waals surface area contributed by atoms with Crippen LogP contribution in [0.5, 0.6) is 0 Å². The van der Waals surface area contributed by atoms with E-state index in [1.165, 1.54) is 18.5 Å². The summed E-state index contributed by atoms with van der Waals surface area (Å²) in [7, 11) is 0. The van der Waals surface area contributed by atoms with Crippen LogP contribution in [0.3, 0.4) is 0 Å². The molecule has 2 atom stereocenters. The van der Waals surface area contributed by atoms with Crippen LogP contribution in [0, 0.1) is 5.41 Å². The van der Waals surface area contributed by atoms with Crippen molar-refractivity contribution < 1.29 is 5.11 Å². The summed E-state index contributed by atoms with van der Waals surface area (Å²) in [5, 5.41) is 17.6. The quantitative estimate of drug-likeness (QED) is 0.680. The zero-order chi connectivity index (χ0) is 17.0. The Balaban J connectivity index is 1.36. The molecule has 3 heterocycles. The van der Waals surface area contributed by atoms with Crippen molar-refractivity contribution in [1.82, 2.24) is 18.0 Å². The summed E-state index contributed by atoms with van der Waals surface area (Å²) in [6.07, 6.45) is 7.59. The number of aliphatic hydroxyl groups is 1. The molecule has 7 nitrogen and oxygen atoms in total. The average Bonchev–Trinajstić information content (AvgIpc) is 3.13. The molecule has 0 spiro atoms. The summed E-state index contributed by atoms with van der Waals surface area (Å²) in [4.78, 5) is 11.4. The SMILES string of the molecule is OCC12CCC(C1)N(c1nccc(Nc3cc(C4CC4)n(I)n3)n1)C2. The molecule has 25 heavy (non-hydrogen) atoms. The van der Waals surface area contributed by atoms with E-state index in [2.05, 4.69) is 49.2 Å². The van der Waals surface area contributed by atoms with Crippen molar-refractivity contribution in [1.29, 1.82) is 0 Å². The number of aromatic nitrogens is 4. The van der Waals surface area contributed by atoms with Crippen LogP contribution >= 0.6 is 22.9 Å².